The van der Waals surface area contributed by atoms with E-state index >= 15 is 0 Å². The van der Waals surface area contributed by atoms with Crippen LogP contribution < -0.4 is 15.4 Å². The van der Waals surface area contributed by atoms with Crippen molar-refractivity contribution in [1.29, 1.82) is 0 Å². The number of imidazole rings is 1. The van der Waals surface area contributed by atoms with Crippen molar-refractivity contribution in [3.63, 3.8) is 0 Å². The van der Waals surface area contributed by atoms with Crippen molar-refractivity contribution in [1.82, 2.24) is 15.3 Å². The topological polar surface area (TPSA) is 96.1 Å². The van der Waals surface area contributed by atoms with Gasteiger partial charge in [-0.3, -0.25) is 10.1 Å². The highest BCUT2D eigenvalue weighted by atomic mass is 35.5. The molecule has 0 bridgehead atoms. The number of aromatic nitrogens is 2. The summed E-state index contributed by atoms with van der Waals surface area (Å²) in [4.78, 5) is 32.7. The third kappa shape index (κ3) is 5.60. The fraction of sp³-hybridized carbons (Fsp3) is 0.0357. The van der Waals surface area contributed by atoms with Gasteiger partial charge in [0.1, 0.15) is 24.0 Å². The molecular weight excluding hydrogens is 495 g/mol. The van der Waals surface area contributed by atoms with E-state index in [1.54, 1.807) is 48.5 Å². The number of para-hydroxylation sites is 2. The van der Waals surface area contributed by atoms with Crippen molar-refractivity contribution in [2.45, 2.75) is 6.61 Å². The summed E-state index contributed by atoms with van der Waals surface area (Å²) < 4.78 is 19.3. The van der Waals surface area contributed by atoms with Crippen LogP contribution in [0.15, 0.2) is 91.0 Å². The molecule has 9 heteroatoms. The molecule has 0 aliphatic rings. The Kier molecular flexibility index (Phi) is 6.83. The number of benzene rings is 4. The van der Waals surface area contributed by atoms with Gasteiger partial charge in [-0.05, 0) is 60.7 Å². The molecule has 4 aromatic carbocycles. The number of halogens is 2. The largest absolute Gasteiger partial charge is 0.489 e. The molecule has 5 rings (SSSR count). The lowest BCUT2D eigenvalue weighted by Gasteiger charge is -2.10. The van der Waals surface area contributed by atoms with E-state index in [9.17, 15) is 14.0 Å². The number of hydrogen-bond acceptors (Lipinski definition) is 4. The molecule has 0 atom stereocenters. The monoisotopic (exact) mass is 514 g/mol. The molecule has 5 aromatic rings. The highest BCUT2D eigenvalue weighted by Crippen LogP contribution is 2.30. The standard InChI is InChI=1S/C28H20ClFN4O3/c29-22-14-11-19(15-21(22)26-32-24-7-3-4-8-25(24)33-26)31-28(36)34-27(35)17-9-12-20(13-10-17)37-16-18-5-1-2-6-23(18)30/h1-15H,16H2,(H,32,33)(H2,31,34,35,36). The van der Waals surface area contributed by atoms with Crippen LogP contribution in [0.25, 0.3) is 22.4 Å². The van der Waals surface area contributed by atoms with Crippen molar-refractivity contribution >= 4 is 40.3 Å². The predicted octanol–water partition coefficient (Wildman–Crippen LogP) is 6.56. The van der Waals surface area contributed by atoms with Gasteiger partial charge in [0.05, 0.1) is 16.1 Å². The number of carbonyl (C=O) groups is 2. The zero-order chi connectivity index (χ0) is 25.8. The molecule has 3 amide bonds. The number of H-pyrrole nitrogens is 1. The van der Waals surface area contributed by atoms with Crippen LogP contribution in [0.5, 0.6) is 5.75 Å². The molecule has 0 radical (unpaired) electrons. The lowest BCUT2D eigenvalue weighted by Crippen LogP contribution is -2.34. The molecule has 3 N–H and O–H groups in total. The van der Waals surface area contributed by atoms with Crippen molar-refractivity contribution in [2.24, 2.45) is 0 Å². The highest BCUT2D eigenvalue weighted by molar-refractivity contribution is 6.33. The third-order valence-corrected chi connectivity index (χ3v) is 5.89. The maximum atomic E-state index is 13.7. The van der Waals surface area contributed by atoms with E-state index < -0.39 is 11.9 Å². The average Bonchev–Trinajstić information content (AvgIpc) is 3.34. The van der Waals surface area contributed by atoms with Gasteiger partial charge in [0, 0.05) is 22.4 Å². The zero-order valence-corrected chi connectivity index (χ0v) is 20.1. The fourth-order valence-electron chi connectivity index (χ4n) is 3.68. The van der Waals surface area contributed by atoms with Gasteiger partial charge in [-0.25, -0.2) is 14.2 Å². The molecule has 0 saturated carbocycles. The maximum Gasteiger partial charge on any atom is 0.326 e. The molecular formula is C28H20ClFN4O3. The number of imide groups is 1. The Morgan fingerprint density at radius 2 is 1.70 bits per heavy atom. The lowest BCUT2D eigenvalue weighted by molar-refractivity contribution is 0.0967. The molecule has 7 nitrogen and oxygen atoms in total. The van der Waals surface area contributed by atoms with Crippen LogP contribution in [0.3, 0.4) is 0 Å². The summed E-state index contributed by atoms with van der Waals surface area (Å²) >= 11 is 6.37. The summed E-state index contributed by atoms with van der Waals surface area (Å²) in [7, 11) is 0. The van der Waals surface area contributed by atoms with Crippen LogP contribution in [-0.4, -0.2) is 21.9 Å². The number of amides is 3. The van der Waals surface area contributed by atoms with Gasteiger partial charge in [0.15, 0.2) is 0 Å². The first-order valence-electron chi connectivity index (χ1n) is 11.3. The van der Waals surface area contributed by atoms with Gasteiger partial charge in [0.25, 0.3) is 5.91 Å². The number of fused-ring (bicyclic) bond motifs is 1. The molecule has 0 fully saturated rings. The highest BCUT2D eigenvalue weighted by Gasteiger charge is 2.14. The fourth-order valence-corrected chi connectivity index (χ4v) is 3.89. The second-order valence-corrected chi connectivity index (χ2v) is 8.52. The molecule has 0 aliphatic heterocycles. The summed E-state index contributed by atoms with van der Waals surface area (Å²) in [6.07, 6.45) is 0. The number of anilines is 1. The molecule has 0 aliphatic carbocycles. The van der Waals surface area contributed by atoms with Crippen LogP contribution in [0.4, 0.5) is 14.9 Å². The normalized spacial score (nSPS) is 10.8. The summed E-state index contributed by atoms with van der Waals surface area (Å²) in [5, 5.41) is 5.38. The number of hydrogen-bond donors (Lipinski definition) is 3. The van der Waals surface area contributed by atoms with Crippen molar-refractivity contribution in [3.8, 4) is 17.1 Å². The van der Waals surface area contributed by atoms with Gasteiger partial charge in [0.2, 0.25) is 0 Å². The average molecular weight is 515 g/mol. The van der Waals surface area contributed by atoms with Gasteiger partial charge in [-0.2, -0.15) is 0 Å². The van der Waals surface area contributed by atoms with Gasteiger partial charge in [-0.15, -0.1) is 0 Å². The predicted molar refractivity (Wildman–Crippen MR) is 140 cm³/mol. The Labute approximate surface area is 216 Å². The number of rotatable bonds is 6. The smallest absolute Gasteiger partial charge is 0.326 e. The molecule has 0 unspecified atom stereocenters. The number of carbonyl (C=O) groups excluding carboxylic acids is 2. The first-order valence-corrected chi connectivity index (χ1v) is 11.7. The quantitative estimate of drug-likeness (QED) is 0.239. The number of nitrogens with one attached hydrogen (secondary N) is 3. The Morgan fingerprint density at radius 3 is 2.49 bits per heavy atom. The summed E-state index contributed by atoms with van der Waals surface area (Å²) in [5.74, 6) is 0.0757. The SMILES string of the molecule is O=C(NC(=O)c1ccc(OCc2ccccc2F)cc1)Nc1ccc(Cl)c(-c2nc3ccccc3[nH]2)c1. The van der Waals surface area contributed by atoms with E-state index in [1.165, 1.54) is 18.2 Å². The summed E-state index contributed by atoms with van der Waals surface area (Å²) in [6.45, 7) is 0.0533. The Bertz CT molecular complexity index is 1570. The molecule has 37 heavy (non-hydrogen) atoms. The lowest BCUT2D eigenvalue weighted by atomic mass is 10.2. The number of aromatic amines is 1. The van der Waals surface area contributed by atoms with Crippen LogP contribution in [0.1, 0.15) is 15.9 Å². The Balaban J connectivity index is 1.21. The van der Waals surface area contributed by atoms with Crippen molar-refractivity contribution < 1.29 is 18.7 Å². The van der Waals surface area contributed by atoms with Gasteiger partial charge < -0.3 is 15.0 Å². The molecule has 184 valence electrons. The number of nitrogens with zero attached hydrogens (tertiary/aromatic N) is 1. The van der Waals surface area contributed by atoms with Crippen LogP contribution in [0, 0.1) is 5.82 Å². The molecule has 0 spiro atoms. The second kappa shape index (κ2) is 10.5. The second-order valence-electron chi connectivity index (χ2n) is 8.11. The number of ether oxygens (including phenoxy) is 1. The van der Waals surface area contributed by atoms with Crippen LogP contribution in [0.2, 0.25) is 5.02 Å². The summed E-state index contributed by atoms with van der Waals surface area (Å²) in [6, 6.07) is 24.3. The van der Waals surface area contributed by atoms with Crippen LogP contribution >= 0.6 is 11.6 Å². The van der Waals surface area contributed by atoms with E-state index in [-0.39, 0.29) is 18.0 Å². The number of urea groups is 1. The van der Waals surface area contributed by atoms with E-state index in [0.717, 1.165) is 11.0 Å². The first-order chi connectivity index (χ1) is 18.0. The molecule has 1 heterocycles. The van der Waals surface area contributed by atoms with Gasteiger partial charge in [-0.1, -0.05) is 41.9 Å². The molecule has 0 saturated heterocycles. The van der Waals surface area contributed by atoms with Crippen LogP contribution in [-0.2, 0) is 6.61 Å². The summed E-state index contributed by atoms with van der Waals surface area (Å²) in [5.41, 5.74) is 3.37. The zero-order valence-electron chi connectivity index (χ0n) is 19.3. The van der Waals surface area contributed by atoms with Crippen molar-refractivity contribution in [3.05, 3.63) is 113 Å². The molecule has 1 aromatic heterocycles. The Morgan fingerprint density at radius 1 is 0.946 bits per heavy atom. The minimum Gasteiger partial charge on any atom is -0.489 e. The third-order valence-electron chi connectivity index (χ3n) is 5.56. The van der Waals surface area contributed by atoms with Crippen molar-refractivity contribution in [2.75, 3.05) is 5.32 Å². The minimum atomic E-state index is -0.706. The van der Waals surface area contributed by atoms with Gasteiger partial charge >= 0.3 is 6.03 Å². The Hall–Kier alpha value is -4.69. The van der Waals surface area contributed by atoms with E-state index in [2.05, 4.69) is 20.6 Å². The maximum absolute atomic E-state index is 13.7. The van der Waals surface area contributed by atoms with E-state index in [1.807, 2.05) is 24.3 Å². The first kappa shape index (κ1) is 24.0. The minimum absolute atomic E-state index is 0.0533. The van der Waals surface area contributed by atoms with E-state index in [4.69, 9.17) is 16.3 Å². The van der Waals surface area contributed by atoms with E-state index in [0.29, 0.717) is 33.4 Å².